The molecule has 2 saturated heterocycles. The number of imide groups is 1. The number of halogens is 3. The average Bonchev–Trinajstić information content (AvgIpc) is 3.29. The van der Waals surface area contributed by atoms with E-state index in [9.17, 15) is 37.8 Å². The quantitative estimate of drug-likeness (QED) is 0.450. The lowest BCUT2D eigenvalue weighted by Crippen LogP contribution is -2.58. The molecule has 8 nitrogen and oxygen atoms in total. The Morgan fingerprint density at radius 2 is 1.79 bits per heavy atom. The third-order valence-corrected chi connectivity index (χ3v) is 6.39. The highest BCUT2D eigenvalue weighted by atomic mass is 19.4. The van der Waals surface area contributed by atoms with Gasteiger partial charge in [0.25, 0.3) is 0 Å². The van der Waals surface area contributed by atoms with Crippen molar-refractivity contribution in [2.24, 2.45) is 11.8 Å². The van der Waals surface area contributed by atoms with Gasteiger partial charge in [-0.2, -0.15) is 13.2 Å². The predicted molar refractivity (Wildman–Crippen MR) is 113 cm³/mol. The average molecular weight is 477 g/mol. The molecule has 0 bridgehead atoms. The Bertz CT molecular complexity index is 1110. The lowest BCUT2D eigenvalue weighted by atomic mass is 9.79. The SMILES string of the molecule is O=C1C2C(c3cccc(C(F)(F)F)c3)NC(CO)(C(=O)O)C2C(=O)N1CCNc1ccccc1. The first-order valence-electron chi connectivity index (χ1n) is 10.5. The molecule has 2 fully saturated rings. The number of aliphatic hydroxyl groups excluding tert-OH is 1. The van der Waals surface area contributed by atoms with E-state index >= 15 is 0 Å². The molecule has 0 saturated carbocycles. The number of aliphatic hydroxyl groups is 1. The van der Waals surface area contributed by atoms with Crippen LogP contribution in [0.2, 0.25) is 0 Å². The Hall–Kier alpha value is -3.44. The maximum Gasteiger partial charge on any atom is 0.416 e. The van der Waals surface area contributed by atoms with E-state index < -0.39 is 59.5 Å². The molecule has 4 unspecified atom stereocenters. The van der Waals surface area contributed by atoms with E-state index in [2.05, 4.69) is 10.6 Å². The van der Waals surface area contributed by atoms with Crippen LogP contribution in [0.4, 0.5) is 18.9 Å². The number of alkyl halides is 3. The minimum Gasteiger partial charge on any atom is -0.480 e. The summed E-state index contributed by atoms with van der Waals surface area (Å²) in [5.74, 6) is -5.81. The lowest BCUT2D eigenvalue weighted by Gasteiger charge is -2.29. The van der Waals surface area contributed by atoms with Crippen LogP contribution >= 0.6 is 0 Å². The molecule has 0 aromatic heterocycles. The highest BCUT2D eigenvalue weighted by Gasteiger charge is 2.68. The molecule has 2 amide bonds. The smallest absolute Gasteiger partial charge is 0.416 e. The lowest BCUT2D eigenvalue weighted by molar-refractivity contribution is -0.153. The molecule has 0 radical (unpaired) electrons. The maximum absolute atomic E-state index is 13.3. The van der Waals surface area contributed by atoms with Gasteiger partial charge in [0.05, 0.1) is 24.0 Å². The van der Waals surface area contributed by atoms with Crippen molar-refractivity contribution in [3.63, 3.8) is 0 Å². The number of fused-ring (bicyclic) bond motifs is 1. The zero-order chi connectivity index (χ0) is 24.7. The molecule has 0 spiro atoms. The second-order valence-electron chi connectivity index (χ2n) is 8.30. The summed E-state index contributed by atoms with van der Waals surface area (Å²) in [7, 11) is 0. The molecule has 4 N–H and O–H groups in total. The predicted octanol–water partition coefficient (Wildman–Crippen LogP) is 1.88. The number of benzene rings is 2. The van der Waals surface area contributed by atoms with Crippen molar-refractivity contribution in [2.75, 3.05) is 25.0 Å². The van der Waals surface area contributed by atoms with Crippen LogP contribution in [-0.2, 0) is 20.6 Å². The molecule has 0 aliphatic carbocycles. The number of likely N-dealkylation sites (tertiary alicyclic amines) is 1. The molecule has 2 aromatic rings. The first-order valence-corrected chi connectivity index (χ1v) is 10.5. The summed E-state index contributed by atoms with van der Waals surface area (Å²) >= 11 is 0. The maximum atomic E-state index is 13.3. The number of rotatable bonds is 7. The molecule has 4 atom stereocenters. The number of carbonyl (C=O) groups excluding carboxylic acids is 2. The summed E-state index contributed by atoms with van der Waals surface area (Å²) in [4.78, 5) is 39.6. The Labute approximate surface area is 192 Å². The van der Waals surface area contributed by atoms with E-state index in [1.807, 2.05) is 6.07 Å². The van der Waals surface area contributed by atoms with Crippen molar-refractivity contribution < 1.29 is 37.8 Å². The standard InChI is InChI=1S/C23H22F3N3O5/c24-23(25,26)14-6-4-5-13(11-14)18-16-17(22(12-30,28-18)21(33)34)20(32)29(19(16)31)10-9-27-15-7-2-1-3-8-15/h1-8,11,16-18,27-28,30H,9-10,12H2,(H,33,34). The van der Waals surface area contributed by atoms with E-state index in [1.54, 1.807) is 24.3 Å². The van der Waals surface area contributed by atoms with Gasteiger partial charge in [0.15, 0.2) is 5.54 Å². The number of hydrogen-bond donors (Lipinski definition) is 4. The minimum absolute atomic E-state index is 0.00631. The van der Waals surface area contributed by atoms with Gasteiger partial charge in [-0.15, -0.1) is 0 Å². The molecule has 11 heteroatoms. The number of amides is 2. The molecule has 180 valence electrons. The fourth-order valence-corrected chi connectivity index (χ4v) is 4.76. The third kappa shape index (κ3) is 3.90. The highest BCUT2D eigenvalue weighted by Crippen LogP contribution is 2.49. The van der Waals surface area contributed by atoms with Crippen molar-refractivity contribution in [2.45, 2.75) is 17.8 Å². The van der Waals surface area contributed by atoms with Gasteiger partial charge in [-0.05, 0) is 29.8 Å². The first-order chi connectivity index (χ1) is 16.1. The van der Waals surface area contributed by atoms with Crippen LogP contribution < -0.4 is 10.6 Å². The number of carboxylic acid groups (broad SMARTS) is 1. The number of carboxylic acids is 1. The fraction of sp³-hybridized carbons (Fsp3) is 0.348. The van der Waals surface area contributed by atoms with Crippen LogP contribution in [0, 0.1) is 11.8 Å². The zero-order valence-corrected chi connectivity index (χ0v) is 17.7. The fourth-order valence-electron chi connectivity index (χ4n) is 4.76. The van der Waals surface area contributed by atoms with Crippen LogP contribution in [-0.4, -0.2) is 58.1 Å². The number of aliphatic carboxylic acids is 1. The van der Waals surface area contributed by atoms with Crippen LogP contribution in [0.5, 0.6) is 0 Å². The van der Waals surface area contributed by atoms with E-state index in [0.29, 0.717) is 0 Å². The van der Waals surface area contributed by atoms with Gasteiger partial charge in [0.2, 0.25) is 11.8 Å². The van der Waals surface area contributed by atoms with Crippen LogP contribution in [0.25, 0.3) is 0 Å². The Kier molecular flexibility index (Phi) is 6.09. The monoisotopic (exact) mass is 477 g/mol. The van der Waals surface area contributed by atoms with E-state index in [-0.39, 0.29) is 18.7 Å². The second-order valence-corrected chi connectivity index (χ2v) is 8.30. The van der Waals surface area contributed by atoms with Gasteiger partial charge in [-0.25, -0.2) is 0 Å². The largest absolute Gasteiger partial charge is 0.480 e. The molecule has 2 heterocycles. The van der Waals surface area contributed by atoms with E-state index in [4.69, 9.17) is 0 Å². The first kappa shape index (κ1) is 23.7. The van der Waals surface area contributed by atoms with Crippen molar-refractivity contribution in [1.29, 1.82) is 0 Å². The molecular weight excluding hydrogens is 455 g/mol. The van der Waals surface area contributed by atoms with Crippen molar-refractivity contribution in [3.05, 3.63) is 65.7 Å². The van der Waals surface area contributed by atoms with Crippen molar-refractivity contribution >= 4 is 23.5 Å². The van der Waals surface area contributed by atoms with Gasteiger partial charge in [-0.3, -0.25) is 24.6 Å². The molecule has 4 rings (SSSR count). The van der Waals surface area contributed by atoms with Gasteiger partial charge in [0.1, 0.15) is 0 Å². The molecule has 2 aliphatic rings. The topological polar surface area (TPSA) is 119 Å². The van der Waals surface area contributed by atoms with Crippen molar-refractivity contribution in [1.82, 2.24) is 10.2 Å². The number of anilines is 1. The Balaban J connectivity index is 1.66. The Morgan fingerprint density at radius 1 is 1.09 bits per heavy atom. The van der Waals surface area contributed by atoms with Crippen LogP contribution in [0.3, 0.4) is 0 Å². The summed E-state index contributed by atoms with van der Waals surface area (Å²) in [6.45, 7) is -0.911. The zero-order valence-electron chi connectivity index (χ0n) is 17.7. The molecule has 2 aliphatic heterocycles. The number of para-hydroxylation sites is 1. The van der Waals surface area contributed by atoms with Crippen LogP contribution in [0.15, 0.2) is 54.6 Å². The Morgan fingerprint density at radius 3 is 2.41 bits per heavy atom. The summed E-state index contributed by atoms with van der Waals surface area (Å²) in [5.41, 5.74) is -2.43. The van der Waals surface area contributed by atoms with Crippen molar-refractivity contribution in [3.8, 4) is 0 Å². The number of nitrogens with zero attached hydrogens (tertiary/aromatic N) is 1. The minimum atomic E-state index is -4.65. The summed E-state index contributed by atoms with van der Waals surface area (Å²) in [5, 5.41) is 25.5. The summed E-state index contributed by atoms with van der Waals surface area (Å²) < 4.78 is 39.8. The van der Waals surface area contributed by atoms with Gasteiger partial charge in [-0.1, -0.05) is 30.3 Å². The molecule has 34 heavy (non-hydrogen) atoms. The molecular formula is C23H22F3N3O5. The normalized spacial score (nSPS) is 26.6. The second kappa shape index (κ2) is 8.73. The van der Waals surface area contributed by atoms with Gasteiger partial charge in [0, 0.05) is 24.8 Å². The summed E-state index contributed by atoms with van der Waals surface area (Å²) in [6.07, 6.45) is -4.65. The van der Waals surface area contributed by atoms with Gasteiger partial charge < -0.3 is 15.5 Å². The third-order valence-electron chi connectivity index (χ3n) is 6.39. The van der Waals surface area contributed by atoms with Crippen LogP contribution in [0.1, 0.15) is 17.2 Å². The van der Waals surface area contributed by atoms with E-state index in [0.717, 1.165) is 28.8 Å². The highest BCUT2D eigenvalue weighted by molar-refractivity contribution is 6.09. The van der Waals surface area contributed by atoms with Gasteiger partial charge >= 0.3 is 12.1 Å². The summed E-state index contributed by atoms with van der Waals surface area (Å²) in [6, 6.07) is 11.9. The number of hydrogen-bond acceptors (Lipinski definition) is 6. The number of nitrogens with one attached hydrogen (secondary N) is 2. The van der Waals surface area contributed by atoms with E-state index in [1.165, 1.54) is 6.07 Å². The number of carbonyl (C=O) groups is 3. The molecule has 2 aromatic carbocycles.